The highest BCUT2D eigenvalue weighted by atomic mass is 16.6. The van der Waals surface area contributed by atoms with Gasteiger partial charge in [0, 0.05) is 18.2 Å². The van der Waals surface area contributed by atoms with E-state index in [1.165, 1.54) is 37.4 Å². The molecule has 21 heavy (non-hydrogen) atoms. The lowest BCUT2D eigenvalue weighted by Gasteiger charge is -2.09. The lowest BCUT2D eigenvalue weighted by molar-refractivity contribution is -0.385. The summed E-state index contributed by atoms with van der Waals surface area (Å²) in [6, 6.07) is 6.71. The number of nitrogens with zero attached hydrogens (tertiary/aromatic N) is 2. The molecule has 0 radical (unpaired) electrons. The van der Waals surface area contributed by atoms with Gasteiger partial charge in [0.2, 0.25) is 5.88 Å². The standard InChI is InChI=1S/C13H10N2O6/c1-20-9-3-4-10(13(16)17)11(6-9)21-12-5-2-8(7-14-12)15(18)19/h2-7H,1H3,(H,16,17). The van der Waals surface area contributed by atoms with Gasteiger partial charge in [0.25, 0.3) is 5.69 Å². The smallest absolute Gasteiger partial charge is 0.339 e. The van der Waals surface area contributed by atoms with Crippen LogP contribution in [0.5, 0.6) is 17.4 Å². The van der Waals surface area contributed by atoms with Crippen molar-refractivity contribution in [3.05, 3.63) is 52.2 Å². The Kier molecular flexibility index (Phi) is 3.98. The van der Waals surface area contributed by atoms with Crippen molar-refractivity contribution in [1.82, 2.24) is 4.98 Å². The van der Waals surface area contributed by atoms with E-state index >= 15 is 0 Å². The van der Waals surface area contributed by atoms with E-state index in [-0.39, 0.29) is 22.9 Å². The molecule has 0 atom stereocenters. The van der Waals surface area contributed by atoms with Gasteiger partial charge in [-0.25, -0.2) is 9.78 Å². The van der Waals surface area contributed by atoms with Gasteiger partial charge in [-0.1, -0.05) is 0 Å². The molecule has 8 heteroatoms. The van der Waals surface area contributed by atoms with Crippen LogP contribution in [-0.4, -0.2) is 28.1 Å². The number of rotatable bonds is 5. The molecule has 0 aliphatic rings. The number of hydrogen-bond acceptors (Lipinski definition) is 6. The van der Waals surface area contributed by atoms with Gasteiger partial charge in [0.05, 0.1) is 12.0 Å². The molecule has 1 aromatic heterocycles. The first-order chi connectivity index (χ1) is 10.0. The van der Waals surface area contributed by atoms with Crippen LogP contribution >= 0.6 is 0 Å². The van der Waals surface area contributed by atoms with Gasteiger partial charge in [-0.3, -0.25) is 10.1 Å². The van der Waals surface area contributed by atoms with Crippen molar-refractivity contribution < 1.29 is 24.3 Å². The summed E-state index contributed by atoms with van der Waals surface area (Å²) in [6.45, 7) is 0. The molecule has 0 saturated heterocycles. The summed E-state index contributed by atoms with van der Waals surface area (Å²) >= 11 is 0. The maximum absolute atomic E-state index is 11.1. The zero-order chi connectivity index (χ0) is 15.4. The molecule has 2 rings (SSSR count). The van der Waals surface area contributed by atoms with Gasteiger partial charge in [0.15, 0.2) is 0 Å². The summed E-state index contributed by atoms with van der Waals surface area (Å²) in [4.78, 5) is 24.8. The number of carboxylic acids is 1. The highest BCUT2D eigenvalue weighted by Crippen LogP contribution is 2.29. The normalized spacial score (nSPS) is 9.95. The van der Waals surface area contributed by atoms with E-state index in [0.29, 0.717) is 5.75 Å². The fourth-order valence-electron chi connectivity index (χ4n) is 1.54. The number of methoxy groups -OCH3 is 1. The number of nitro groups is 1. The number of carbonyl (C=O) groups is 1. The molecule has 0 unspecified atom stereocenters. The van der Waals surface area contributed by atoms with Crippen LogP contribution < -0.4 is 9.47 Å². The Bertz CT molecular complexity index is 684. The van der Waals surface area contributed by atoms with Crippen LogP contribution in [0, 0.1) is 10.1 Å². The van der Waals surface area contributed by atoms with E-state index in [2.05, 4.69) is 4.98 Å². The van der Waals surface area contributed by atoms with Crippen LogP contribution in [-0.2, 0) is 0 Å². The molecule has 8 nitrogen and oxygen atoms in total. The fraction of sp³-hybridized carbons (Fsp3) is 0.0769. The summed E-state index contributed by atoms with van der Waals surface area (Å²) < 4.78 is 10.3. The molecule has 0 aliphatic carbocycles. The number of ether oxygens (including phenoxy) is 2. The molecular formula is C13H10N2O6. The second kappa shape index (κ2) is 5.87. The first-order valence-electron chi connectivity index (χ1n) is 5.71. The number of hydrogen-bond donors (Lipinski definition) is 1. The minimum absolute atomic E-state index is 0.0307. The molecule has 0 spiro atoms. The van der Waals surface area contributed by atoms with Crippen LogP contribution in [0.1, 0.15) is 10.4 Å². The number of carboxylic acid groups (broad SMARTS) is 1. The van der Waals surface area contributed by atoms with E-state index in [4.69, 9.17) is 14.6 Å². The highest BCUT2D eigenvalue weighted by Gasteiger charge is 2.14. The first kappa shape index (κ1) is 14.3. The SMILES string of the molecule is COc1ccc(C(=O)O)c(Oc2ccc([N+](=O)[O-])cn2)c1. The number of aromatic carboxylic acids is 1. The molecule has 0 amide bonds. The molecule has 1 heterocycles. The Balaban J connectivity index is 2.33. The molecule has 0 bridgehead atoms. The summed E-state index contributed by atoms with van der Waals surface area (Å²) in [5, 5.41) is 19.6. The van der Waals surface area contributed by atoms with Crippen LogP contribution in [0.4, 0.5) is 5.69 Å². The topological polar surface area (TPSA) is 112 Å². The predicted octanol–water partition coefficient (Wildman–Crippen LogP) is 2.49. The molecule has 0 fully saturated rings. The minimum Gasteiger partial charge on any atom is -0.497 e. The van der Waals surface area contributed by atoms with Crippen molar-refractivity contribution in [3.63, 3.8) is 0 Å². The third-order valence-electron chi connectivity index (χ3n) is 2.57. The monoisotopic (exact) mass is 290 g/mol. The number of aromatic nitrogens is 1. The second-order valence-corrected chi connectivity index (χ2v) is 3.88. The number of benzene rings is 1. The second-order valence-electron chi connectivity index (χ2n) is 3.88. The van der Waals surface area contributed by atoms with E-state index in [1.807, 2.05) is 0 Å². The van der Waals surface area contributed by atoms with Gasteiger partial charge in [-0.2, -0.15) is 0 Å². The third-order valence-corrected chi connectivity index (χ3v) is 2.57. The van der Waals surface area contributed by atoms with E-state index in [9.17, 15) is 14.9 Å². The molecule has 108 valence electrons. The van der Waals surface area contributed by atoms with Crippen molar-refractivity contribution in [3.8, 4) is 17.4 Å². The summed E-state index contributed by atoms with van der Waals surface area (Å²) in [6.07, 6.45) is 1.02. The zero-order valence-corrected chi connectivity index (χ0v) is 10.8. The summed E-state index contributed by atoms with van der Waals surface area (Å²) in [5.74, 6) is -0.689. The molecule has 1 N–H and O–H groups in total. The third kappa shape index (κ3) is 3.24. The van der Waals surface area contributed by atoms with Gasteiger partial charge >= 0.3 is 5.97 Å². The van der Waals surface area contributed by atoms with E-state index in [1.54, 1.807) is 0 Å². The van der Waals surface area contributed by atoms with Crippen LogP contribution in [0.25, 0.3) is 0 Å². The summed E-state index contributed by atoms with van der Waals surface area (Å²) in [5.41, 5.74) is -0.262. The molecule has 0 aliphatic heterocycles. The Morgan fingerprint density at radius 2 is 2.10 bits per heavy atom. The van der Waals surface area contributed by atoms with Crippen LogP contribution in [0.15, 0.2) is 36.5 Å². The largest absolute Gasteiger partial charge is 0.497 e. The van der Waals surface area contributed by atoms with Gasteiger partial charge < -0.3 is 14.6 Å². The van der Waals surface area contributed by atoms with Crippen molar-refractivity contribution in [2.24, 2.45) is 0 Å². The quantitative estimate of drug-likeness (QED) is 0.664. The van der Waals surface area contributed by atoms with Crippen molar-refractivity contribution >= 4 is 11.7 Å². The highest BCUT2D eigenvalue weighted by molar-refractivity contribution is 5.91. The van der Waals surface area contributed by atoms with Crippen LogP contribution in [0.3, 0.4) is 0 Å². The van der Waals surface area contributed by atoms with Crippen molar-refractivity contribution in [1.29, 1.82) is 0 Å². The van der Waals surface area contributed by atoms with E-state index in [0.717, 1.165) is 6.20 Å². The van der Waals surface area contributed by atoms with E-state index < -0.39 is 10.9 Å². The molecule has 2 aromatic rings. The number of pyridine rings is 1. The van der Waals surface area contributed by atoms with Crippen molar-refractivity contribution in [2.75, 3.05) is 7.11 Å². The lowest BCUT2D eigenvalue weighted by atomic mass is 10.2. The molecular weight excluding hydrogens is 280 g/mol. The van der Waals surface area contributed by atoms with Gasteiger partial charge in [-0.15, -0.1) is 0 Å². The first-order valence-corrected chi connectivity index (χ1v) is 5.71. The minimum atomic E-state index is -1.17. The van der Waals surface area contributed by atoms with Gasteiger partial charge in [0.1, 0.15) is 23.3 Å². The zero-order valence-electron chi connectivity index (χ0n) is 10.8. The molecule has 0 saturated carbocycles. The Hall–Kier alpha value is -3.16. The maximum atomic E-state index is 11.1. The van der Waals surface area contributed by atoms with Crippen LogP contribution in [0.2, 0.25) is 0 Å². The van der Waals surface area contributed by atoms with Gasteiger partial charge in [-0.05, 0) is 12.1 Å². The Morgan fingerprint density at radius 1 is 1.33 bits per heavy atom. The lowest BCUT2D eigenvalue weighted by Crippen LogP contribution is -2.01. The maximum Gasteiger partial charge on any atom is 0.339 e. The fourth-order valence-corrected chi connectivity index (χ4v) is 1.54. The Morgan fingerprint density at radius 3 is 2.62 bits per heavy atom. The average Bonchev–Trinajstić information content (AvgIpc) is 2.47. The Labute approximate surface area is 118 Å². The average molecular weight is 290 g/mol. The van der Waals surface area contributed by atoms with Crippen molar-refractivity contribution in [2.45, 2.75) is 0 Å². The summed E-state index contributed by atoms with van der Waals surface area (Å²) in [7, 11) is 1.43. The predicted molar refractivity (Wildman–Crippen MR) is 70.9 cm³/mol. The molecule has 1 aromatic carbocycles.